The Bertz CT molecular complexity index is 1060. The zero-order valence-electron chi connectivity index (χ0n) is 14.0. The molecule has 0 atom stereocenters. The molecule has 1 aliphatic heterocycles. The van der Waals surface area contributed by atoms with Gasteiger partial charge in [0.25, 0.3) is 5.91 Å². The summed E-state index contributed by atoms with van der Waals surface area (Å²) in [6, 6.07) is 12.3. The highest BCUT2D eigenvalue weighted by atomic mass is 19.1. The number of benzene rings is 2. The Labute approximate surface area is 152 Å². The normalized spacial score (nSPS) is 12.0. The van der Waals surface area contributed by atoms with Gasteiger partial charge in [-0.25, -0.2) is 9.18 Å². The number of nitrogens with one attached hydrogen (secondary N) is 2. The molecule has 3 aromatic rings. The topological polar surface area (TPSA) is 93.3 Å². The summed E-state index contributed by atoms with van der Waals surface area (Å²) < 4.78 is 23.6. The number of carbonyl (C=O) groups excluding carboxylic acids is 1. The first-order valence-electron chi connectivity index (χ1n) is 8.12. The summed E-state index contributed by atoms with van der Waals surface area (Å²) in [6.07, 6.45) is 0. The lowest BCUT2D eigenvalue weighted by Crippen LogP contribution is -2.27. The number of aromatic nitrogens is 2. The second-order valence-corrected chi connectivity index (χ2v) is 5.86. The van der Waals surface area contributed by atoms with Crippen molar-refractivity contribution in [1.82, 2.24) is 15.3 Å². The monoisotopic (exact) mass is 367 g/mol. The van der Waals surface area contributed by atoms with Gasteiger partial charge in [-0.05, 0) is 48.0 Å². The van der Waals surface area contributed by atoms with Crippen LogP contribution in [0.2, 0.25) is 0 Å². The number of aromatic amines is 1. The molecule has 0 bridgehead atoms. The van der Waals surface area contributed by atoms with Gasteiger partial charge in [0.1, 0.15) is 11.5 Å². The zero-order valence-corrected chi connectivity index (χ0v) is 14.0. The fraction of sp³-hybridized carbons (Fsp3) is 0.105. The predicted octanol–water partition coefficient (Wildman–Crippen LogP) is 2.23. The van der Waals surface area contributed by atoms with Crippen LogP contribution < -0.4 is 20.5 Å². The van der Waals surface area contributed by atoms with Gasteiger partial charge in [-0.2, -0.15) is 4.98 Å². The van der Waals surface area contributed by atoms with Crippen LogP contribution in [-0.4, -0.2) is 22.7 Å². The number of halogens is 1. The summed E-state index contributed by atoms with van der Waals surface area (Å²) in [4.78, 5) is 30.5. The molecule has 2 aromatic carbocycles. The third-order valence-corrected chi connectivity index (χ3v) is 4.02. The Morgan fingerprint density at radius 2 is 1.89 bits per heavy atom. The molecule has 7 nitrogen and oxygen atoms in total. The van der Waals surface area contributed by atoms with Crippen LogP contribution in [0.5, 0.6) is 11.5 Å². The maximum Gasteiger partial charge on any atom is 0.346 e. The maximum absolute atomic E-state index is 13.1. The molecule has 0 saturated carbocycles. The van der Waals surface area contributed by atoms with Gasteiger partial charge in [-0.15, -0.1) is 0 Å². The number of H-pyrrole nitrogens is 1. The number of hydrogen-bond donors (Lipinski definition) is 2. The van der Waals surface area contributed by atoms with Crippen LogP contribution in [-0.2, 0) is 6.54 Å². The first-order valence-corrected chi connectivity index (χ1v) is 8.12. The average molecular weight is 367 g/mol. The summed E-state index contributed by atoms with van der Waals surface area (Å²) in [5.41, 5.74) is 1.04. The third kappa shape index (κ3) is 3.64. The summed E-state index contributed by atoms with van der Waals surface area (Å²) in [7, 11) is 0. The number of fused-ring (bicyclic) bond motifs is 1. The minimum absolute atomic E-state index is 0.0649. The highest BCUT2D eigenvalue weighted by Crippen LogP contribution is 2.32. The third-order valence-electron chi connectivity index (χ3n) is 4.02. The predicted molar refractivity (Wildman–Crippen MR) is 94.0 cm³/mol. The van der Waals surface area contributed by atoms with Crippen LogP contribution in [0.3, 0.4) is 0 Å². The number of nitrogens with zero attached hydrogens (tertiary/aromatic N) is 1. The molecular formula is C19H14FN3O4. The molecule has 0 saturated heterocycles. The minimum Gasteiger partial charge on any atom is -0.454 e. The van der Waals surface area contributed by atoms with Gasteiger partial charge in [0, 0.05) is 12.1 Å². The highest BCUT2D eigenvalue weighted by Gasteiger charge is 2.14. The van der Waals surface area contributed by atoms with Gasteiger partial charge in [-0.3, -0.25) is 4.79 Å². The molecule has 2 heterocycles. The molecule has 8 heteroatoms. The molecule has 0 radical (unpaired) electrons. The molecule has 1 amide bonds. The van der Waals surface area contributed by atoms with Gasteiger partial charge >= 0.3 is 5.69 Å². The van der Waals surface area contributed by atoms with Crippen molar-refractivity contribution in [3.8, 4) is 22.8 Å². The lowest BCUT2D eigenvalue weighted by molar-refractivity contribution is 0.0945. The van der Waals surface area contributed by atoms with E-state index in [-0.39, 0.29) is 24.7 Å². The van der Waals surface area contributed by atoms with Gasteiger partial charge in [0.15, 0.2) is 11.5 Å². The van der Waals surface area contributed by atoms with E-state index in [9.17, 15) is 14.0 Å². The van der Waals surface area contributed by atoms with Crippen molar-refractivity contribution in [2.24, 2.45) is 0 Å². The second-order valence-electron chi connectivity index (χ2n) is 5.86. The van der Waals surface area contributed by atoms with Crippen LogP contribution in [0, 0.1) is 5.82 Å². The Hall–Kier alpha value is -3.68. The van der Waals surface area contributed by atoms with Crippen molar-refractivity contribution < 1.29 is 18.7 Å². The molecule has 1 aromatic heterocycles. The van der Waals surface area contributed by atoms with Crippen LogP contribution >= 0.6 is 0 Å². The zero-order chi connectivity index (χ0) is 18.8. The Morgan fingerprint density at radius 3 is 2.70 bits per heavy atom. The van der Waals surface area contributed by atoms with E-state index in [1.165, 1.54) is 30.3 Å². The van der Waals surface area contributed by atoms with Crippen molar-refractivity contribution in [2.75, 3.05) is 6.79 Å². The van der Waals surface area contributed by atoms with Gasteiger partial charge < -0.3 is 19.8 Å². The fourth-order valence-corrected chi connectivity index (χ4v) is 2.68. The number of ether oxygens (including phenoxy) is 2. The van der Waals surface area contributed by atoms with E-state index in [1.807, 2.05) is 6.07 Å². The van der Waals surface area contributed by atoms with Gasteiger partial charge in [-0.1, -0.05) is 6.07 Å². The van der Waals surface area contributed by atoms with E-state index in [2.05, 4.69) is 15.3 Å². The molecular weight excluding hydrogens is 353 g/mol. The lowest BCUT2D eigenvalue weighted by atomic mass is 10.1. The van der Waals surface area contributed by atoms with Crippen LogP contribution in [0.1, 0.15) is 16.1 Å². The number of rotatable bonds is 4. The van der Waals surface area contributed by atoms with E-state index >= 15 is 0 Å². The maximum atomic E-state index is 13.1. The molecule has 1 aliphatic rings. The number of amides is 1. The summed E-state index contributed by atoms with van der Waals surface area (Å²) in [5, 5.41) is 2.73. The molecule has 27 heavy (non-hydrogen) atoms. The van der Waals surface area contributed by atoms with E-state index in [0.717, 1.165) is 5.56 Å². The molecule has 0 unspecified atom stereocenters. The fourth-order valence-electron chi connectivity index (χ4n) is 2.68. The smallest absolute Gasteiger partial charge is 0.346 e. The molecule has 136 valence electrons. The highest BCUT2D eigenvalue weighted by molar-refractivity contribution is 5.93. The van der Waals surface area contributed by atoms with Crippen LogP contribution in [0.25, 0.3) is 11.3 Å². The molecule has 0 aliphatic carbocycles. The number of carbonyl (C=O) groups is 1. The summed E-state index contributed by atoms with van der Waals surface area (Å²) >= 11 is 0. The molecule has 0 fully saturated rings. The van der Waals surface area contributed by atoms with Crippen molar-refractivity contribution in [1.29, 1.82) is 0 Å². The van der Waals surface area contributed by atoms with Crippen LogP contribution in [0.4, 0.5) is 4.39 Å². The Balaban J connectivity index is 1.51. The van der Waals surface area contributed by atoms with Crippen molar-refractivity contribution in [3.63, 3.8) is 0 Å². The lowest BCUT2D eigenvalue weighted by Gasteiger charge is -2.07. The summed E-state index contributed by atoms with van der Waals surface area (Å²) in [5.74, 6) is 0.422. The van der Waals surface area contributed by atoms with E-state index < -0.39 is 17.4 Å². The van der Waals surface area contributed by atoms with Crippen molar-refractivity contribution in [2.45, 2.75) is 6.54 Å². The van der Waals surface area contributed by atoms with E-state index in [1.54, 1.807) is 12.1 Å². The van der Waals surface area contributed by atoms with Crippen LogP contribution in [0.15, 0.2) is 53.3 Å². The summed E-state index contributed by atoms with van der Waals surface area (Å²) in [6.45, 7) is 0.418. The van der Waals surface area contributed by atoms with Crippen molar-refractivity contribution in [3.05, 3.63) is 76.1 Å². The largest absolute Gasteiger partial charge is 0.454 e. The average Bonchev–Trinajstić information content (AvgIpc) is 3.14. The second kappa shape index (κ2) is 6.91. The number of hydrogen-bond acceptors (Lipinski definition) is 5. The van der Waals surface area contributed by atoms with Crippen molar-refractivity contribution >= 4 is 5.91 Å². The SMILES string of the molecule is O=C(NCc1ccc2c(c1)OCO2)c1cc(-c2ccc(F)cc2)nc(=O)[nH]1. The first-order chi connectivity index (χ1) is 13.1. The molecule has 0 spiro atoms. The minimum atomic E-state index is -0.662. The quantitative estimate of drug-likeness (QED) is 0.738. The molecule has 4 rings (SSSR count). The molecule has 2 N–H and O–H groups in total. The van der Waals surface area contributed by atoms with E-state index in [4.69, 9.17) is 9.47 Å². The first kappa shape index (κ1) is 16.8. The Morgan fingerprint density at radius 1 is 1.11 bits per heavy atom. The Kier molecular flexibility index (Phi) is 4.29. The van der Waals surface area contributed by atoms with E-state index in [0.29, 0.717) is 17.1 Å². The van der Waals surface area contributed by atoms with Gasteiger partial charge in [0.2, 0.25) is 6.79 Å². The standard InChI is InChI=1S/C19H14FN3O4/c20-13-4-2-12(3-5-13)14-8-15(23-19(25)22-14)18(24)21-9-11-1-6-16-17(7-11)27-10-26-16/h1-8H,9-10H2,(H,21,24)(H,22,23,25). The van der Waals surface area contributed by atoms with Gasteiger partial charge in [0.05, 0.1) is 5.69 Å².